The number of carbonyl (C=O) groups is 2. The van der Waals surface area contributed by atoms with Crippen LogP contribution in [0.5, 0.6) is 11.5 Å². The Kier molecular flexibility index (Phi) is 6.11. The van der Waals surface area contributed by atoms with Crippen molar-refractivity contribution >= 4 is 17.6 Å². The van der Waals surface area contributed by atoms with Gasteiger partial charge in [-0.15, -0.1) is 0 Å². The second-order valence-electron chi connectivity index (χ2n) is 6.55. The molecule has 0 aliphatic carbocycles. The molecular formula is C21H21FN2O5. The van der Waals surface area contributed by atoms with Crippen LogP contribution in [0, 0.1) is 5.82 Å². The van der Waals surface area contributed by atoms with Crippen LogP contribution in [0.25, 0.3) is 0 Å². The second-order valence-corrected chi connectivity index (χ2v) is 6.55. The number of carboxylic acid groups (broad SMARTS) is 1. The fourth-order valence-corrected chi connectivity index (χ4v) is 3.16. The molecule has 1 unspecified atom stereocenters. The standard InChI is InChI=1S/C21H21FN2O5/c1-28-16-9-14(10-17(11-16)29-2)18-12-19(13-3-5-15(22)6-4-13)24(23-18)20(25)7-8-21(26)27/h3-6,9-11,19H,7-8,12H2,1-2H3,(H,26,27). The molecule has 0 bridgehead atoms. The molecule has 7 nitrogen and oxygen atoms in total. The van der Waals surface area contributed by atoms with Crippen LogP contribution < -0.4 is 9.47 Å². The number of benzene rings is 2. The van der Waals surface area contributed by atoms with E-state index in [0.29, 0.717) is 29.2 Å². The van der Waals surface area contributed by atoms with E-state index in [2.05, 4.69) is 5.10 Å². The molecule has 0 radical (unpaired) electrons. The number of carboxylic acids is 1. The van der Waals surface area contributed by atoms with E-state index in [1.807, 2.05) is 0 Å². The highest BCUT2D eigenvalue weighted by molar-refractivity contribution is 6.03. The maximum Gasteiger partial charge on any atom is 0.303 e. The van der Waals surface area contributed by atoms with E-state index in [1.165, 1.54) is 31.4 Å². The van der Waals surface area contributed by atoms with E-state index in [1.54, 1.807) is 30.3 Å². The molecule has 2 aromatic rings. The molecule has 29 heavy (non-hydrogen) atoms. The quantitative estimate of drug-likeness (QED) is 0.770. The lowest BCUT2D eigenvalue weighted by Crippen LogP contribution is -2.27. The molecule has 2 aromatic carbocycles. The van der Waals surface area contributed by atoms with Gasteiger partial charge < -0.3 is 14.6 Å². The Morgan fingerprint density at radius 1 is 1.10 bits per heavy atom. The Morgan fingerprint density at radius 2 is 1.72 bits per heavy atom. The van der Waals surface area contributed by atoms with Crippen molar-refractivity contribution in [2.45, 2.75) is 25.3 Å². The number of rotatable bonds is 7. The number of ether oxygens (including phenoxy) is 2. The monoisotopic (exact) mass is 400 g/mol. The van der Waals surface area contributed by atoms with E-state index in [-0.39, 0.29) is 18.7 Å². The summed E-state index contributed by atoms with van der Waals surface area (Å²) in [5.41, 5.74) is 2.06. The highest BCUT2D eigenvalue weighted by Crippen LogP contribution is 2.35. The third-order valence-electron chi connectivity index (χ3n) is 4.66. The molecule has 0 saturated heterocycles. The molecule has 3 rings (SSSR count). The number of nitrogens with zero attached hydrogens (tertiary/aromatic N) is 2. The van der Waals surface area contributed by atoms with Crippen molar-refractivity contribution in [1.82, 2.24) is 5.01 Å². The Morgan fingerprint density at radius 3 is 2.28 bits per heavy atom. The summed E-state index contributed by atoms with van der Waals surface area (Å²) in [7, 11) is 3.08. The molecule has 0 saturated carbocycles. The van der Waals surface area contributed by atoms with E-state index >= 15 is 0 Å². The summed E-state index contributed by atoms with van der Waals surface area (Å²) in [5, 5.41) is 14.6. The Balaban J connectivity index is 1.96. The smallest absolute Gasteiger partial charge is 0.303 e. The minimum Gasteiger partial charge on any atom is -0.497 e. The number of methoxy groups -OCH3 is 2. The first-order valence-corrected chi connectivity index (χ1v) is 9.01. The van der Waals surface area contributed by atoms with Gasteiger partial charge in [0.05, 0.1) is 32.4 Å². The number of carbonyl (C=O) groups excluding carboxylic acids is 1. The summed E-state index contributed by atoms with van der Waals surface area (Å²) in [5.74, 6) is -0.689. The van der Waals surface area contributed by atoms with Crippen LogP contribution in [0.3, 0.4) is 0 Å². The molecule has 1 amide bonds. The summed E-state index contributed by atoms with van der Waals surface area (Å²) in [6, 6.07) is 10.7. The van der Waals surface area contributed by atoms with Gasteiger partial charge in [0.1, 0.15) is 17.3 Å². The number of aliphatic carboxylic acids is 1. The Hall–Kier alpha value is -3.42. The van der Waals surface area contributed by atoms with Crippen molar-refractivity contribution in [1.29, 1.82) is 0 Å². The van der Waals surface area contributed by atoms with E-state index in [0.717, 1.165) is 5.56 Å². The molecule has 1 aliphatic heterocycles. The lowest BCUT2D eigenvalue weighted by atomic mass is 9.98. The van der Waals surface area contributed by atoms with Gasteiger partial charge in [-0.1, -0.05) is 12.1 Å². The Bertz CT molecular complexity index is 920. The molecule has 0 fully saturated rings. The van der Waals surface area contributed by atoms with Gasteiger partial charge in [0, 0.05) is 24.5 Å². The van der Waals surface area contributed by atoms with Gasteiger partial charge in [-0.05, 0) is 29.8 Å². The van der Waals surface area contributed by atoms with Crippen molar-refractivity contribution in [3.05, 3.63) is 59.4 Å². The van der Waals surface area contributed by atoms with Crippen LogP contribution in [-0.2, 0) is 9.59 Å². The fraction of sp³-hybridized carbons (Fsp3) is 0.286. The first kappa shape index (κ1) is 20.3. The minimum atomic E-state index is -1.06. The molecule has 0 spiro atoms. The predicted molar refractivity (Wildman–Crippen MR) is 104 cm³/mol. The van der Waals surface area contributed by atoms with Crippen LogP contribution in [-0.4, -0.2) is 41.9 Å². The van der Waals surface area contributed by atoms with E-state index in [9.17, 15) is 14.0 Å². The molecule has 1 aliphatic rings. The average Bonchev–Trinajstić information content (AvgIpc) is 3.17. The topological polar surface area (TPSA) is 88.4 Å². The zero-order chi connectivity index (χ0) is 21.0. The van der Waals surface area contributed by atoms with Crippen molar-refractivity contribution in [2.24, 2.45) is 5.10 Å². The number of hydrogen-bond donors (Lipinski definition) is 1. The van der Waals surface area contributed by atoms with Crippen LogP contribution in [0.15, 0.2) is 47.6 Å². The van der Waals surface area contributed by atoms with Crippen LogP contribution >= 0.6 is 0 Å². The first-order chi connectivity index (χ1) is 13.9. The van der Waals surface area contributed by atoms with Gasteiger partial charge in [-0.3, -0.25) is 9.59 Å². The van der Waals surface area contributed by atoms with Crippen molar-refractivity contribution < 1.29 is 28.6 Å². The van der Waals surface area contributed by atoms with Crippen molar-refractivity contribution in [3.63, 3.8) is 0 Å². The third-order valence-corrected chi connectivity index (χ3v) is 4.66. The number of amides is 1. The third kappa shape index (κ3) is 4.71. The van der Waals surface area contributed by atoms with Gasteiger partial charge in [-0.25, -0.2) is 9.40 Å². The van der Waals surface area contributed by atoms with Gasteiger partial charge in [0.15, 0.2) is 0 Å². The molecular weight excluding hydrogens is 379 g/mol. The fourth-order valence-electron chi connectivity index (χ4n) is 3.16. The second kappa shape index (κ2) is 8.72. The van der Waals surface area contributed by atoms with Gasteiger partial charge in [-0.2, -0.15) is 5.10 Å². The van der Waals surface area contributed by atoms with Gasteiger partial charge in [0.2, 0.25) is 5.91 Å². The normalized spacial score (nSPS) is 15.8. The highest BCUT2D eigenvalue weighted by atomic mass is 19.1. The first-order valence-electron chi connectivity index (χ1n) is 9.01. The molecule has 152 valence electrons. The van der Waals surface area contributed by atoms with Crippen LogP contribution in [0.4, 0.5) is 4.39 Å². The number of hydrazone groups is 1. The van der Waals surface area contributed by atoms with Crippen LogP contribution in [0.1, 0.15) is 36.4 Å². The SMILES string of the molecule is COc1cc(OC)cc(C2=NN(C(=O)CCC(=O)O)C(c3ccc(F)cc3)C2)c1. The lowest BCUT2D eigenvalue weighted by Gasteiger charge is -2.21. The van der Waals surface area contributed by atoms with E-state index < -0.39 is 17.9 Å². The molecule has 1 N–H and O–H groups in total. The summed E-state index contributed by atoms with van der Waals surface area (Å²) in [6.45, 7) is 0. The minimum absolute atomic E-state index is 0.175. The van der Waals surface area contributed by atoms with Gasteiger partial charge >= 0.3 is 5.97 Å². The maximum absolute atomic E-state index is 13.3. The maximum atomic E-state index is 13.3. The summed E-state index contributed by atoms with van der Waals surface area (Å²) >= 11 is 0. The van der Waals surface area contributed by atoms with Crippen LogP contribution in [0.2, 0.25) is 0 Å². The number of halogens is 1. The molecule has 8 heteroatoms. The summed E-state index contributed by atoms with van der Waals surface area (Å²) < 4.78 is 23.9. The Labute approximate surface area is 167 Å². The predicted octanol–water partition coefficient (Wildman–Crippen LogP) is 3.39. The summed E-state index contributed by atoms with van der Waals surface area (Å²) in [4.78, 5) is 23.5. The van der Waals surface area contributed by atoms with Crippen molar-refractivity contribution in [2.75, 3.05) is 14.2 Å². The highest BCUT2D eigenvalue weighted by Gasteiger charge is 2.33. The zero-order valence-electron chi connectivity index (χ0n) is 16.1. The zero-order valence-corrected chi connectivity index (χ0v) is 16.1. The van der Waals surface area contributed by atoms with Crippen molar-refractivity contribution in [3.8, 4) is 11.5 Å². The number of hydrogen-bond acceptors (Lipinski definition) is 5. The van der Waals surface area contributed by atoms with Gasteiger partial charge in [0.25, 0.3) is 0 Å². The lowest BCUT2D eigenvalue weighted by molar-refractivity contribution is -0.141. The molecule has 1 heterocycles. The average molecular weight is 400 g/mol. The summed E-state index contributed by atoms with van der Waals surface area (Å²) in [6.07, 6.45) is -0.0741. The molecule has 1 atom stereocenters. The van der Waals surface area contributed by atoms with E-state index in [4.69, 9.17) is 14.6 Å². The molecule has 0 aromatic heterocycles. The largest absolute Gasteiger partial charge is 0.497 e.